The Bertz CT molecular complexity index is 649. The van der Waals surface area contributed by atoms with Gasteiger partial charge in [-0.25, -0.2) is 4.79 Å². The molecule has 0 bridgehead atoms. The van der Waals surface area contributed by atoms with Gasteiger partial charge in [0.05, 0.1) is 13.2 Å². The SMILES string of the molecule is O=C1NC(=O)[C@@H](CCC(=O)N2CCO[C@H](c3ccc(Cl)cc3)C2)N1. The van der Waals surface area contributed by atoms with E-state index in [4.69, 9.17) is 16.3 Å². The molecule has 2 fully saturated rings. The van der Waals surface area contributed by atoms with Crippen LogP contribution in [0, 0.1) is 0 Å². The summed E-state index contributed by atoms with van der Waals surface area (Å²) in [7, 11) is 0. The van der Waals surface area contributed by atoms with Crippen molar-refractivity contribution in [1.29, 1.82) is 0 Å². The maximum absolute atomic E-state index is 12.4. The molecule has 2 N–H and O–H groups in total. The molecule has 8 heteroatoms. The van der Waals surface area contributed by atoms with E-state index in [2.05, 4.69) is 10.6 Å². The van der Waals surface area contributed by atoms with Crippen LogP contribution in [0.25, 0.3) is 0 Å². The second-order valence-corrected chi connectivity index (χ2v) is 6.24. The Morgan fingerprint density at radius 3 is 2.71 bits per heavy atom. The Morgan fingerprint density at radius 1 is 1.29 bits per heavy atom. The topological polar surface area (TPSA) is 87.7 Å². The van der Waals surface area contributed by atoms with Crippen molar-refractivity contribution in [1.82, 2.24) is 15.5 Å². The minimum absolute atomic E-state index is 0.0498. The van der Waals surface area contributed by atoms with Crippen molar-refractivity contribution in [2.75, 3.05) is 19.7 Å². The van der Waals surface area contributed by atoms with Crippen LogP contribution in [0.4, 0.5) is 4.79 Å². The minimum atomic E-state index is -0.630. The molecule has 0 spiro atoms. The Morgan fingerprint density at radius 2 is 2.04 bits per heavy atom. The highest BCUT2D eigenvalue weighted by Crippen LogP contribution is 2.24. The average Bonchev–Trinajstić information content (AvgIpc) is 2.91. The Hall–Kier alpha value is -2.12. The zero-order valence-electron chi connectivity index (χ0n) is 13.0. The number of carbonyl (C=O) groups is 3. The zero-order chi connectivity index (χ0) is 17.1. The van der Waals surface area contributed by atoms with Gasteiger partial charge in [-0.3, -0.25) is 14.9 Å². The van der Waals surface area contributed by atoms with Crippen LogP contribution in [-0.4, -0.2) is 48.5 Å². The number of amides is 4. The van der Waals surface area contributed by atoms with Gasteiger partial charge >= 0.3 is 6.03 Å². The predicted octanol–water partition coefficient (Wildman–Crippen LogP) is 1.23. The van der Waals surface area contributed by atoms with Gasteiger partial charge in [0.2, 0.25) is 5.91 Å². The summed E-state index contributed by atoms with van der Waals surface area (Å²) in [5, 5.41) is 5.31. The number of urea groups is 1. The average molecular weight is 352 g/mol. The standard InChI is InChI=1S/C16H18ClN3O4/c17-11-3-1-10(2-4-11)13-9-20(7-8-24-13)14(21)6-5-12-15(22)19-16(23)18-12/h1-4,12-13H,5-9H2,(H2,18,19,22,23)/t12-,13+/m1/s1. The largest absolute Gasteiger partial charge is 0.370 e. The number of hydrogen-bond donors (Lipinski definition) is 2. The third-order valence-electron chi connectivity index (χ3n) is 4.17. The van der Waals surface area contributed by atoms with Gasteiger partial charge in [0.1, 0.15) is 12.1 Å². The molecule has 2 heterocycles. The van der Waals surface area contributed by atoms with Crippen LogP contribution >= 0.6 is 11.6 Å². The second kappa shape index (κ2) is 7.19. The molecule has 2 aliphatic rings. The Labute approximate surface area is 144 Å². The number of ether oxygens (including phenoxy) is 1. The lowest BCUT2D eigenvalue weighted by atomic mass is 10.1. The van der Waals surface area contributed by atoms with Crippen molar-refractivity contribution < 1.29 is 19.1 Å². The number of hydrogen-bond acceptors (Lipinski definition) is 4. The second-order valence-electron chi connectivity index (χ2n) is 5.80. The van der Waals surface area contributed by atoms with E-state index in [1.54, 1.807) is 17.0 Å². The predicted molar refractivity (Wildman–Crippen MR) is 86.4 cm³/mol. The van der Waals surface area contributed by atoms with Gasteiger partial charge in [-0.1, -0.05) is 23.7 Å². The van der Waals surface area contributed by atoms with Crippen LogP contribution < -0.4 is 10.6 Å². The van der Waals surface area contributed by atoms with E-state index in [1.165, 1.54) is 0 Å². The number of nitrogens with one attached hydrogen (secondary N) is 2. The summed E-state index contributed by atoms with van der Waals surface area (Å²) in [5.41, 5.74) is 0.972. The molecule has 2 aliphatic heterocycles. The van der Waals surface area contributed by atoms with Crippen LogP contribution in [-0.2, 0) is 14.3 Å². The molecule has 128 valence electrons. The van der Waals surface area contributed by atoms with Crippen molar-refractivity contribution >= 4 is 29.4 Å². The van der Waals surface area contributed by atoms with Gasteiger partial charge in [-0.15, -0.1) is 0 Å². The normalized spacial score (nSPS) is 23.8. The maximum atomic E-state index is 12.4. The van der Waals surface area contributed by atoms with E-state index in [9.17, 15) is 14.4 Å². The fraction of sp³-hybridized carbons (Fsp3) is 0.438. The van der Waals surface area contributed by atoms with E-state index in [0.29, 0.717) is 31.1 Å². The first-order chi connectivity index (χ1) is 11.5. The highest BCUT2D eigenvalue weighted by Gasteiger charge is 2.31. The molecule has 0 aromatic heterocycles. The van der Waals surface area contributed by atoms with E-state index in [-0.39, 0.29) is 24.3 Å². The first-order valence-corrected chi connectivity index (χ1v) is 8.17. The van der Waals surface area contributed by atoms with Crippen LogP contribution in [0.1, 0.15) is 24.5 Å². The Kier molecular flexibility index (Phi) is 5.01. The minimum Gasteiger partial charge on any atom is -0.370 e. The van der Waals surface area contributed by atoms with Crippen LogP contribution in [0.5, 0.6) is 0 Å². The zero-order valence-corrected chi connectivity index (χ0v) is 13.7. The third kappa shape index (κ3) is 3.85. The molecule has 0 aliphatic carbocycles. The van der Waals surface area contributed by atoms with Crippen LogP contribution in [0.3, 0.4) is 0 Å². The quantitative estimate of drug-likeness (QED) is 0.799. The van der Waals surface area contributed by atoms with E-state index < -0.39 is 12.1 Å². The molecule has 0 saturated carbocycles. The van der Waals surface area contributed by atoms with Crippen LogP contribution in [0.2, 0.25) is 5.02 Å². The molecule has 0 unspecified atom stereocenters. The molecule has 1 aromatic carbocycles. The van der Waals surface area contributed by atoms with E-state index in [0.717, 1.165) is 5.56 Å². The first kappa shape index (κ1) is 16.7. The number of rotatable bonds is 4. The molecule has 0 radical (unpaired) electrons. The summed E-state index contributed by atoms with van der Waals surface area (Å²) in [5.74, 6) is -0.431. The first-order valence-electron chi connectivity index (χ1n) is 7.79. The number of carbonyl (C=O) groups excluding carboxylic acids is 3. The lowest BCUT2D eigenvalue weighted by Gasteiger charge is -2.33. The molecular formula is C16H18ClN3O4. The van der Waals surface area contributed by atoms with Gasteiger partial charge in [0.25, 0.3) is 5.91 Å². The number of morpholine rings is 1. The summed E-state index contributed by atoms with van der Waals surface area (Å²) in [4.78, 5) is 36.7. The number of nitrogens with zero attached hydrogens (tertiary/aromatic N) is 1. The number of benzene rings is 1. The molecule has 2 atom stereocenters. The molecular weight excluding hydrogens is 334 g/mol. The smallest absolute Gasteiger partial charge is 0.322 e. The number of halogens is 1. The van der Waals surface area contributed by atoms with Crippen molar-refractivity contribution in [3.8, 4) is 0 Å². The molecule has 7 nitrogen and oxygen atoms in total. The molecule has 24 heavy (non-hydrogen) atoms. The van der Waals surface area contributed by atoms with E-state index >= 15 is 0 Å². The van der Waals surface area contributed by atoms with Crippen molar-refractivity contribution in [3.05, 3.63) is 34.9 Å². The monoisotopic (exact) mass is 351 g/mol. The summed E-state index contributed by atoms with van der Waals surface area (Å²) >= 11 is 5.89. The molecule has 4 amide bonds. The fourth-order valence-electron chi connectivity index (χ4n) is 2.84. The van der Waals surface area contributed by atoms with Gasteiger partial charge in [-0.05, 0) is 24.1 Å². The van der Waals surface area contributed by atoms with E-state index in [1.807, 2.05) is 12.1 Å². The summed E-state index contributed by atoms with van der Waals surface area (Å²) in [6.07, 6.45) is 0.305. The summed E-state index contributed by atoms with van der Waals surface area (Å²) in [6.45, 7) is 1.44. The Balaban J connectivity index is 1.54. The number of imide groups is 1. The van der Waals surface area contributed by atoms with Crippen molar-refractivity contribution in [3.63, 3.8) is 0 Å². The van der Waals surface area contributed by atoms with Gasteiger partial charge in [0, 0.05) is 18.0 Å². The van der Waals surface area contributed by atoms with Gasteiger partial charge in [-0.2, -0.15) is 0 Å². The summed E-state index contributed by atoms with van der Waals surface area (Å²) in [6, 6.07) is 6.23. The van der Waals surface area contributed by atoms with Gasteiger partial charge < -0.3 is 15.0 Å². The van der Waals surface area contributed by atoms with Crippen LogP contribution in [0.15, 0.2) is 24.3 Å². The molecule has 1 aromatic rings. The lowest BCUT2D eigenvalue weighted by molar-refractivity contribution is -0.139. The lowest BCUT2D eigenvalue weighted by Crippen LogP contribution is -2.43. The van der Waals surface area contributed by atoms with Crippen molar-refractivity contribution in [2.24, 2.45) is 0 Å². The third-order valence-corrected chi connectivity index (χ3v) is 4.42. The molecule has 3 rings (SSSR count). The highest BCUT2D eigenvalue weighted by atomic mass is 35.5. The van der Waals surface area contributed by atoms with Crippen molar-refractivity contribution in [2.45, 2.75) is 25.0 Å². The fourth-order valence-corrected chi connectivity index (χ4v) is 2.97. The highest BCUT2D eigenvalue weighted by molar-refractivity contribution is 6.30. The maximum Gasteiger partial charge on any atom is 0.322 e. The van der Waals surface area contributed by atoms with Gasteiger partial charge in [0.15, 0.2) is 0 Å². The molecule has 2 saturated heterocycles. The summed E-state index contributed by atoms with van der Waals surface area (Å²) < 4.78 is 5.74.